The number of rotatable bonds is 16. The largest absolute Gasteiger partial charge is 0.494 e. The first-order valence-electron chi connectivity index (χ1n) is 14.7. The van der Waals surface area contributed by atoms with Crippen LogP contribution in [0.15, 0.2) is 78.9 Å². The maximum absolute atomic E-state index is 13.7. The Bertz CT molecular complexity index is 1410. The molecule has 0 saturated carbocycles. The quantitative estimate of drug-likeness (QED) is 0.173. The van der Waals surface area contributed by atoms with Crippen LogP contribution in [0.2, 0.25) is 0 Å². The number of anilines is 1. The first kappa shape index (κ1) is 33.6. The molecule has 3 aromatic rings. The van der Waals surface area contributed by atoms with Gasteiger partial charge in [-0.3, -0.25) is 18.9 Å². The number of benzene rings is 3. The molecule has 3 rings (SSSR count). The van der Waals surface area contributed by atoms with Gasteiger partial charge in [0.05, 0.1) is 6.61 Å². The Morgan fingerprint density at radius 2 is 1.56 bits per heavy atom. The summed E-state index contributed by atoms with van der Waals surface area (Å²) >= 11 is 0. The lowest BCUT2D eigenvalue weighted by molar-refractivity contribution is -0.115. The summed E-state index contributed by atoms with van der Waals surface area (Å²) in [6.45, 7) is 7.58. The Hall–Kier alpha value is -3.94. The van der Waals surface area contributed by atoms with Gasteiger partial charge in [-0.15, -0.1) is 0 Å². The fourth-order valence-corrected chi connectivity index (χ4v) is 6.32. The molecule has 0 aliphatic heterocycles. The Kier molecular flexibility index (Phi) is 13.0. The lowest BCUT2D eigenvalue weighted by Crippen LogP contribution is -2.37. The molecule has 2 atom stereocenters. The number of carbonyl (C=O) groups excluding carboxylic acids is 3. The van der Waals surface area contributed by atoms with Crippen molar-refractivity contribution in [3.8, 4) is 5.75 Å². The van der Waals surface area contributed by atoms with Gasteiger partial charge < -0.3 is 25.2 Å². The number of hydrogen-bond acceptors (Lipinski definition) is 5. The maximum atomic E-state index is 13.7. The molecule has 3 N–H and O–H groups in total. The van der Waals surface area contributed by atoms with Crippen molar-refractivity contribution in [2.45, 2.75) is 52.2 Å². The average Bonchev–Trinajstić information content (AvgIpc) is 3.00. The third kappa shape index (κ3) is 10.4. The van der Waals surface area contributed by atoms with Crippen LogP contribution in [-0.4, -0.2) is 59.2 Å². The summed E-state index contributed by atoms with van der Waals surface area (Å²) in [4.78, 5) is 52.1. The Labute approximate surface area is 254 Å². The Morgan fingerprint density at radius 1 is 0.884 bits per heavy atom. The van der Waals surface area contributed by atoms with Gasteiger partial charge in [0.15, 0.2) is 0 Å². The normalized spacial score (nSPS) is 12.9. The van der Waals surface area contributed by atoms with Crippen molar-refractivity contribution in [3.05, 3.63) is 95.6 Å². The minimum absolute atomic E-state index is 0.0950. The minimum Gasteiger partial charge on any atom is -0.494 e. The highest BCUT2D eigenvalue weighted by Gasteiger charge is 2.33. The molecule has 0 aliphatic rings. The zero-order chi connectivity index (χ0) is 31.2. The fourth-order valence-electron chi connectivity index (χ4n) is 4.67. The van der Waals surface area contributed by atoms with Crippen molar-refractivity contribution < 1.29 is 28.6 Å². The van der Waals surface area contributed by atoms with Crippen molar-refractivity contribution in [1.29, 1.82) is 0 Å². The highest BCUT2D eigenvalue weighted by Crippen LogP contribution is 2.47. The summed E-state index contributed by atoms with van der Waals surface area (Å²) < 4.78 is 19.1. The Balaban J connectivity index is 1.75. The second-order valence-electron chi connectivity index (χ2n) is 10.3. The minimum atomic E-state index is -4.08. The number of ether oxygens (including phenoxy) is 1. The molecule has 0 heterocycles. The summed E-state index contributed by atoms with van der Waals surface area (Å²) in [6, 6.07) is 22.4. The second-order valence-corrected chi connectivity index (χ2v) is 12.9. The molecule has 0 spiro atoms. The van der Waals surface area contributed by atoms with Crippen LogP contribution in [-0.2, 0) is 15.8 Å². The molecule has 3 aromatic carbocycles. The molecular formula is C33H42N3O6P. The van der Waals surface area contributed by atoms with E-state index < -0.39 is 25.0 Å². The lowest BCUT2D eigenvalue weighted by Gasteiger charge is -2.25. The summed E-state index contributed by atoms with van der Waals surface area (Å²) in [6.07, 6.45) is 1.18. The smallest absolute Gasteiger partial charge is 0.253 e. The summed E-state index contributed by atoms with van der Waals surface area (Å²) in [5, 5.41) is 5.48. The number of nitrogens with one attached hydrogen (secondary N) is 2. The van der Waals surface area contributed by atoms with Crippen LogP contribution >= 0.6 is 7.37 Å². The molecule has 0 bridgehead atoms. The zero-order valence-corrected chi connectivity index (χ0v) is 26.0. The van der Waals surface area contributed by atoms with Gasteiger partial charge in [0, 0.05) is 55.0 Å². The third-order valence-corrected chi connectivity index (χ3v) is 8.94. The molecule has 0 aromatic heterocycles. The summed E-state index contributed by atoms with van der Waals surface area (Å²) in [7, 11) is -4.08. The molecule has 0 saturated heterocycles. The first-order chi connectivity index (χ1) is 20.7. The van der Waals surface area contributed by atoms with Gasteiger partial charge >= 0.3 is 0 Å². The predicted octanol–water partition coefficient (Wildman–Crippen LogP) is 5.95. The van der Waals surface area contributed by atoms with Gasteiger partial charge in [0.1, 0.15) is 11.5 Å². The van der Waals surface area contributed by atoms with Crippen molar-refractivity contribution >= 4 is 30.8 Å². The number of amides is 3. The average molecular weight is 608 g/mol. The molecule has 230 valence electrons. The van der Waals surface area contributed by atoms with Gasteiger partial charge in [-0.1, -0.05) is 56.3 Å². The molecule has 0 fully saturated rings. The summed E-state index contributed by atoms with van der Waals surface area (Å²) in [5.74, 6) is -1.70. The molecule has 3 amide bonds. The van der Waals surface area contributed by atoms with Crippen LogP contribution in [0.1, 0.15) is 66.3 Å². The Morgan fingerprint density at radius 3 is 2.23 bits per heavy atom. The maximum Gasteiger partial charge on any atom is 0.253 e. The van der Waals surface area contributed by atoms with Crippen LogP contribution in [0.3, 0.4) is 0 Å². The van der Waals surface area contributed by atoms with Gasteiger partial charge in [-0.2, -0.15) is 0 Å². The number of nitrogens with zero attached hydrogens (tertiary/aromatic N) is 1. The molecule has 0 radical (unpaired) electrons. The monoisotopic (exact) mass is 607 g/mol. The van der Waals surface area contributed by atoms with E-state index in [1.165, 1.54) is 6.07 Å². The van der Waals surface area contributed by atoms with Gasteiger partial charge in [-0.05, 0) is 55.7 Å². The van der Waals surface area contributed by atoms with E-state index in [9.17, 15) is 23.8 Å². The highest BCUT2D eigenvalue weighted by atomic mass is 31.2. The highest BCUT2D eigenvalue weighted by molar-refractivity contribution is 7.58. The molecule has 9 nitrogen and oxygen atoms in total. The van der Waals surface area contributed by atoms with E-state index >= 15 is 0 Å². The standard InChI is InChI=1S/C33H42N3O6P/c1-4-19-36(20-5-2)33(39)27-15-10-14-26(23-27)32(38)35-31(22-25-12-8-7-9-13-25)43(40,41)21-18-30(37)34-28-16-11-17-29(24-28)42-6-3/h7-17,23-24,31H,4-6,18-22H2,1-3H3,(H,34,37)(H,35,38)(H,40,41). The van der Waals surface area contributed by atoms with Gasteiger partial charge in [-0.25, -0.2) is 0 Å². The van der Waals surface area contributed by atoms with Crippen molar-refractivity contribution in [2.75, 3.05) is 31.2 Å². The van der Waals surface area contributed by atoms with E-state index in [0.717, 1.165) is 18.4 Å². The van der Waals surface area contributed by atoms with Crippen LogP contribution in [0.5, 0.6) is 5.75 Å². The molecule has 10 heteroatoms. The van der Waals surface area contributed by atoms with E-state index in [4.69, 9.17) is 4.74 Å². The number of hydrogen-bond donors (Lipinski definition) is 3. The molecule has 2 unspecified atom stereocenters. The van der Waals surface area contributed by atoms with E-state index in [-0.39, 0.29) is 30.5 Å². The van der Waals surface area contributed by atoms with E-state index in [1.807, 2.05) is 51.1 Å². The SMILES string of the molecule is CCCN(CCC)C(=O)c1cccc(C(=O)NC(Cc2ccccc2)P(=O)(O)CCC(=O)Nc2cccc(OCC)c2)c1. The first-order valence-corrected chi connectivity index (χ1v) is 16.7. The molecule has 0 aliphatic carbocycles. The van der Waals surface area contributed by atoms with Crippen LogP contribution in [0.25, 0.3) is 0 Å². The van der Waals surface area contributed by atoms with E-state index in [0.29, 0.717) is 36.7 Å². The second kappa shape index (κ2) is 16.6. The van der Waals surface area contributed by atoms with E-state index in [1.54, 1.807) is 47.4 Å². The van der Waals surface area contributed by atoms with Crippen molar-refractivity contribution in [2.24, 2.45) is 0 Å². The lowest BCUT2D eigenvalue weighted by atomic mass is 10.1. The predicted molar refractivity (Wildman–Crippen MR) is 170 cm³/mol. The van der Waals surface area contributed by atoms with Crippen LogP contribution in [0.4, 0.5) is 5.69 Å². The fraction of sp³-hybridized carbons (Fsp3) is 0.364. The van der Waals surface area contributed by atoms with Crippen molar-refractivity contribution in [1.82, 2.24) is 10.2 Å². The van der Waals surface area contributed by atoms with Gasteiger partial charge in [0.2, 0.25) is 13.3 Å². The number of carbonyl (C=O) groups is 3. The summed E-state index contributed by atoms with van der Waals surface area (Å²) in [5.41, 5.74) is 1.87. The third-order valence-electron chi connectivity index (χ3n) is 6.79. The van der Waals surface area contributed by atoms with Crippen LogP contribution < -0.4 is 15.4 Å². The zero-order valence-electron chi connectivity index (χ0n) is 25.1. The van der Waals surface area contributed by atoms with E-state index in [2.05, 4.69) is 10.6 Å². The topological polar surface area (TPSA) is 125 Å². The van der Waals surface area contributed by atoms with Gasteiger partial charge in [0.25, 0.3) is 11.8 Å². The van der Waals surface area contributed by atoms with Crippen molar-refractivity contribution in [3.63, 3.8) is 0 Å². The molecule has 43 heavy (non-hydrogen) atoms. The molecular weight excluding hydrogens is 565 g/mol. The van der Waals surface area contributed by atoms with Crippen LogP contribution in [0, 0.1) is 0 Å².